The first kappa shape index (κ1) is 14.2. The van der Waals surface area contributed by atoms with Gasteiger partial charge in [-0.05, 0) is 36.2 Å². The van der Waals surface area contributed by atoms with E-state index in [4.69, 9.17) is 0 Å². The van der Waals surface area contributed by atoms with Crippen molar-refractivity contribution in [2.75, 3.05) is 13.6 Å². The summed E-state index contributed by atoms with van der Waals surface area (Å²) >= 11 is 0. The van der Waals surface area contributed by atoms with E-state index in [2.05, 4.69) is 9.97 Å². The normalized spacial score (nSPS) is 10.8. The van der Waals surface area contributed by atoms with E-state index in [0.29, 0.717) is 17.9 Å². The van der Waals surface area contributed by atoms with Gasteiger partial charge in [-0.25, -0.2) is 9.37 Å². The molecule has 3 heterocycles. The van der Waals surface area contributed by atoms with Gasteiger partial charge >= 0.3 is 0 Å². The Hall–Kier alpha value is -2.76. The average molecular weight is 298 g/mol. The monoisotopic (exact) mass is 298 g/mol. The SMILES string of the molecule is CN(CCc1ccncc1)C(=O)c1cn2cc(F)ccc2n1. The fraction of sp³-hybridized carbons (Fsp3) is 0.188. The van der Waals surface area contributed by atoms with Crippen molar-refractivity contribution in [3.8, 4) is 0 Å². The Labute approximate surface area is 127 Å². The van der Waals surface area contributed by atoms with Crippen LogP contribution in [0.15, 0.2) is 49.1 Å². The molecule has 0 fully saturated rings. The van der Waals surface area contributed by atoms with Crippen LogP contribution in [0, 0.1) is 5.82 Å². The van der Waals surface area contributed by atoms with Crippen LogP contribution in [-0.4, -0.2) is 38.8 Å². The maximum Gasteiger partial charge on any atom is 0.273 e. The number of aromatic nitrogens is 3. The second-order valence-corrected chi connectivity index (χ2v) is 5.07. The highest BCUT2D eigenvalue weighted by Gasteiger charge is 2.15. The molecular weight excluding hydrogens is 283 g/mol. The molecule has 0 aliphatic heterocycles. The van der Waals surface area contributed by atoms with Gasteiger partial charge < -0.3 is 9.30 Å². The number of imidazole rings is 1. The van der Waals surface area contributed by atoms with Crippen LogP contribution in [0.3, 0.4) is 0 Å². The van der Waals surface area contributed by atoms with E-state index in [0.717, 1.165) is 12.0 Å². The molecule has 0 saturated heterocycles. The van der Waals surface area contributed by atoms with E-state index in [1.807, 2.05) is 12.1 Å². The second kappa shape index (κ2) is 5.93. The summed E-state index contributed by atoms with van der Waals surface area (Å²) in [6.45, 7) is 0.574. The van der Waals surface area contributed by atoms with Crippen molar-refractivity contribution in [2.24, 2.45) is 0 Å². The van der Waals surface area contributed by atoms with Gasteiger partial charge in [-0.15, -0.1) is 0 Å². The van der Waals surface area contributed by atoms with E-state index < -0.39 is 0 Å². The van der Waals surface area contributed by atoms with E-state index in [9.17, 15) is 9.18 Å². The number of likely N-dealkylation sites (N-methyl/N-ethyl adjacent to an activating group) is 1. The van der Waals surface area contributed by atoms with E-state index >= 15 is 0 Å². The summed E-state index contributed by atoms with van der Waals surface area (Å²) in [5, 5.41) is 0. The highest BCUT2D eigenvalue weighted by Crippen LogP contribution is 2.09. The van der Waals surface area contributed by atoms with Crippen molar-refractivity contribution in [3.63, 3.8) is 0 Å². The Morgan fingerprint density at radius 2 is 2.00 bits per heavy atom. The first-order valence-corrected chi connectivity index (χ1v) is 6.92. The maximum atomic E-state index is 13.2. The largest absolute Gasteiger partial charge is 0.340 e. The molecule has 6 heteroatoms. The molecule has 1 amide bonds. The number of hydrogen-bond acceptors (Lipinski definition) is 3. The number of hydrogen-bond donors (Lipinski definition) is 0. The Bertz CT molecular complexity index is 800. The lowest BCUT2D eigenvalue weighted by Crippen LogP contribution is -2.29. The van der Waals surface area contributed by atoms with Gasteiger partial charge in [-0.3, -0.25) is 9.78 Å². The summed E-state index contributed by atoms with van der Waals surface area (Å²) in [4.78, 5) is 22.2. The third-order valence-corrected chi connectivity index (χ3v) is 3.47. The molecule has 0 saturated carbocycles. The standard InChI is InChI=1S/C16H15FN4O/c1-20(9-6-12-4-7-18-8-5-12)16(22)14-11-21-10-13(17)2-3-15(21)19-14/h2-5,7-8,10-11H,6,9H2,1H3. The Kier molecular flexibility index (Phi) is 3.82. The zero-order valence-corrected chi connectivity index (χ0v) is 12.1. The maximum absolute atomic E-state index is 13.2. The highest BCUT2D eigenvalue weighted by atomic mass is 19.1. The Morgan fingerprint density at radius 1 is 1.23 bits per heavy atom. The number of rotatable bonds is 4. The fourth-order valence-corrected chi connectivity index (χ4v) is 2.21. The van der Waals surface area contributed by atoms with Crippen LogP contribution in [0.1, 0.15) is 16.1 Å². The topological polar surface area (TPSA) is 50.5 Å². The van der Waals surface area contributed by atoms with E-state index in [1.54, 1.807) is 36.6 Å². The quantitative estimate of drug-likeness (QED) is 0.742. The zero-order chi connectivity index (χ0) is 15.5. The van der Waals surface area contributed by atoms with Gasteiger partial charge in [0.15, 0.2) is 0 Å². The van der Waals surface area contributed by atoms with Crippen molar-refractivity contribution in [3.05, 3.63) is 66.1 Å². The number of carbonyl (C=O) groups excluding carboxylic acids is 1. The van der Waals surface area contributed by atoms with Crippen molar-refractivity contribution >= 4 is 11.6 Å². The molecule has 3 rings (SSSR count). The van der Waals surface area contributed by atoms with Gasteiger partial charge in [0.2, 0.25) is 0 Å². The lowest BCUT2D eigenvalue weighted by molar-refractivity contribution is 0.0791. The van der Waals surface area contributed by atoms with Gasteiger partial charge in [-0.1, -0.05) is 0 Å². The van der Waals surface area contributed by atoms with Crippen molar-refractivity contribution in [1.29, 1.82) is 0 Å². The van der Waals surface area contributed by atoms with Gasteiger partial charge in [0, 0.05) is 38.4 Å². The number of fused-ring (bicyclic) bond motifs is 1. The summed E-state index contributed by atoms with van der Waals surface area (Å²) in [6.07, 6.45) is 7.05. The molecule has 0 aliphatic carbocycles. The number of nitrogens with zero attached hydrogens (tertiary/aromatic N) is 4. The molecule has 3 aromatic heterocycles. The third kappa shape index (κ3) is 2.95. The second-order valence-electron chi connectivity index (χ2n) is 5.07. The minimum atomic E-state index is -0.366. The Balaban J connectivity index is 1.71. The van der Waals surface area contributed by atoms with Gasteiger partial charge in [0.05, 0.1) is 0 Å². The molecule has 0 unspecified atom stereocenters. The number of pyridine rings is 2. The minimum absolute atomic E-state index is 0.182. The zero-order valence-electron chi connectivity index (χ0n) is 12.1. The molecule has 0 atom stereocenters. The Morgan fingerprint density at radius 3 is 2.77 bits per heavy atom. The smallest absolute Gasteiger partial charge is 0.273 e. The van der Waals surface area contributed by atoms with Crippen LogP contribution in [-0.2, 0) is 6.42 Å². The summed E-state index contributed by atoms with van der Waals surface area (Å²) in [5.41, 5.74) is 1.97. The molecule has 3 aromatic rings. The predicted molar refractivity (Wildman–Crippen MR) is 80.1 cm³/mol. The summed E-state index contributed by atoms with van der Waals surface area (Å²) in [5.74, 6) is -0.548. The average Bonchev–Trinajstić information content (AvgIpc) is 2.95. The van der Waals surface area contributed by atoms with Crippen molar-refractivity contribution in [2.45, 2.75) is 6.42 Å². The van der Waals surface area contributed by atoms with Gasteiger partial charge in [-0.2, -0.15) is 0 Å². The molecule has 0 spiro atoms. The summed E-state index contributed by atoms with van der Waals surface area (Å²) in [6, 6.07) is 6.71. The molecule has 5 nitrogen and oxygen atoms in total. The van der Waals surface area contributed by atoms with Crippen molar-refractivity contribution in [1.82, 2.24) is 19.3 Å². The first-order valence-electron chi connectivity index (χ1n) is 6.92. The highest BCUT2D eigenvalue weighted by molar-refractivity contribution is 5.92. The van der Waals surface area contributed by atoms with Crippen LogP contribution in [0.2, 0.25) is 0 Å². The van der Waals surface area contributed by atoms with Crippen LogP contribution in [0.25, 0.3) is 5.65 Å². The summed E-state index contributed by atoms with van der Waals surface area (Å²) in [7, 11) is 1.73. The van der Waals surface area contributed by atoms with Crippen LogP contribution in [0.4, 0.5) is 4.39 Å². The van der Waals surface area contributed by atoms with E-state index in [1.165, 1.54) is 16.7 Å². The van der Waals surface area contributed by atoms with Crippen LogP contribution >= 0.6 is 0 Å². The molecular formula is C16H15FN4O. The minimum Gasteiger partial charge on any atom is -0.340 e. The number of carbonyl (C=O) groups is 1. The molecule has 0 bridgehead atoms. The molecule has 0 radical (unpaired) electrons. The lowest BCUT2D eigenvalue weighted by atomic mass is 10.2. The van der Waals surface area contributed by atoms with E-state index in [-0.39, 0.29) is 11.7 Å². The number of amides is 1. The molecule has 0 N–H and O–H groups in total. The summed E-state index contributed by atoms with van der Waals surface area (Å²) < 4.78 is 14.7. The van der Waals surface area contributed by atoms with Gasteiger partial charge in [0.1, 0.15) is 17.2 Å². The van der Waals surface area contributed by atoms with Crippen molar-refractivity contribution < 1.29 is 9.18 Å². The number of halogens is 1. The molecule has 0 aromatic carbocycles. The van der Waals surface area contributed by atoms with Crippen LogP contribution < -0.4 is 0 Å². The third-order valence-electron chi connectivity index (χ3n) is 3.47. The van der Waals surface area contributed by atoms with Gasteiger partial charge in [0.25, 0.3) is 5.91 Å². The lowest BCUT2D eigenvalue weighted by Gasteiger charge is -2.15. The first-order chi connectivity index (χ1) is 10.6. The predicted octanol–water partition coefficient (Wildman–Crippen LogP) is 2.18. The molecule has 0 aliphatic rings. The molecule has 22 heavy (non-hydrogen) atoms. The molecule has 112 valence electrons. The van der Waals surface area contributed by atoms with Crippen LogP contribution in [0.5, 0.6) is 0 Å². The fourth-order valence-electron chi connectivity index (χ4n) is 2.21.